The van der Waals surface area contributed by atoms with Gasteiger partial charge in [0.25, 0.3) is 0 Å². The van der Waals surface area contributed by atoms with Gasteiger partial charge >= 0.3 is 6.36 Å². The van der Waals surface area contributed by atoms with E-state index in [4.69, 9.17) is 0 Å². The second-order valence-electron chi connectivity index (χ2n) is 6.92. The summed E-state index contributed by atoms with van der Waals surface area (Å²) in [4.78, 5) is 21.2. The number of anilines is 1. The lowest BCUT2D eigenvalue weighted by molar-refractivity contribution is -0.274. The summed E-state index contributed by atoms with van der Waals surface area (Å²) >= 11 is 0. The van der Waals surface area contributed by atoms with E-state index in [2.05, 4.69) is 31.9 Å². The Kier molecular flexibility index (Phi) is 6.58. The summed E-state index contributed by atoms with van der Waals surface area (Å²) in [6, 6.07) is 9.05. The number of amides is 1. The third kappa shape index (κ3) is 6.35. The molecule has 1 N–H and O–H groups in total. The van der Waals surface area contributed by atoms with Crippen LogP contribution < -0.4 is 15.0 Å². The Morgan fingerprint density at radius 3 is 2.48 bits per heavy atom. The van der Waals surface area contributed by atoms with Gasteiger partial charge in [-0.15, -0.1) is 13.2 Å². The number of likely N-dealkylation sites (N-methyl/N-ethyl adjacent to an activating group) is 1. The molecule has 0 bridgehead atoms. The number of nitrogens with one attached hydrogen (secondary N) is 1. The Labute approximate surface area is 167 Å². The van der Waals surface area contributed by atoms with Crippen LogP contribution in [0, 0.1) is 0 Å². The van der Waals surface area contributed by atoms with Crippen molar-refractivity contribution >= 4 is 11.7 Å². The van der Waals surface area contributed by atoms with E-state index in [1.54, 1.807) is 6.20 Å². The molecule has 0 radical (unpaired) electrons. The molecule has 3 rings (SSSR count). The van der Waals surface area contributed by atoms with Gasteiger partial charge in [0.05, 0.1) is 6.42 Å². The molecule has 1 aliphatic heterocycles. The molecule has 1 amide bonds. The van der Waals surface area contributed by atoms with Gasteiger partial charge in [-0.3, -0.25) is 4.79 Å². The molecule has 9 heteroatoms. The number of alkyl halides is 3. The summed E-state index contributed by atoms with van der Waals surface area (Å²) in [5.41, 5.74) is 1.53. The Morgan fingerprint density at radius 1 is 1.14 bits per heavy atom. The highest BCUT2D eigenvalue weighted by molar-refractivity contribution is 5.78. The first-order chi connectivity index (χ1) is 13.8. The van der Waals surface area contributed by atoms with Gasteiger partial charge in [0.1, 0.15) is 11.6 Å². The molecule has 0 saturated carbocycles. The number of carbonyl (C=O) groups excluding carboxylic acids is 1. The molecule has 6 nitrogen and oxygen atoms in total. The summed E-state index contributed by atoms with van der Waals surface area (Å²) in [7, 11) is 2.08. The van der Waals surface area contributed by atoms with Gasteiger partial charge in [-0.25, -0.2) is 4.98 Å². The van der Waals surface area contributed by atoms with Gasteiger partial charge in [0.15, 0.2) is 0 Å². The zero-order valence-electron chi connectivity index (χ0n) is 16.1. The lowest BCUT2D eigenvalue weighted by atomic mass is 10.1. The molecule has 0 atom stereocenters. The highest BCUT2D eigenvalue weighted by atomic mass is 19.4. The molecule has 0 aliphatic carbocycles. The average Bonchev–Trinajstić information content (AvgIpc) is 2.68. The van der Waals surface area contributed by atoms with Crippen molar-refractivity contribution in [1.82, 2.24) is 15.2 Å². The average molecular weight is 408 g/mol. The van der Waals surface area contributed by atoms with Gasteiger partial charge < -0.3 is 19.9 Å². The molecular weight excluding hydrogens is 385 g/mol. The van der Waals surface area contributed by atoms with Crippen LogP contribution in [0.25, 0.3) is 0 Å². The maximum absolute atomic E-state index is 12.3. The quantitative estimate of drug-likeness (QED) is 0.796. The van der Waals surface area contributed by atoms with Crippen LogP contribution in [0.4, 0.5) is 19.0 Å². The zero-order valence-corrected chi connectivity index (χ0v) is 16.1. The van der Waals surface area contributed by atoms with E-state index >= 15 is 0 Å². The summed E-state index contributed by atoms with van der Waals surface area (Å²) in [5, 5.41) is 2.86. The van der Waals surface area contributed by atoms with Crippen LogP contribution in [0.1, 0.15) is 11.1 Å². The highest BCUT2D eigenvalue weighted by Gasteiger charge is 2.31. The van der Waals surface area contributed by atoms with Gasteiger partial charge in [0.2, 0.25) is 5.91 Å². The summed E-state index contributed by atoms with van der Waals surface area (Å²) in [5.74, 6) is 0.339. The van der Waals surface area contributed by atoms with Crippen molar-refractivity contribution in [2.45, 2.75) is 19.3 Å². The Balaban J connectivity index is 1.55. The van der Waals surface area contributed by atoms with Crippen molar-refractivity contribution in [3.8, 4) is 5.75 Å². The number of halogens is 3. The number of nitrogens with zero attached hydrogens (tertiary/aromatic N) is 3. The van der Waals surface area contributed by atoms with Crippen LogP contribution in [0.3, 0.4) is 0 Å². The van der Waals surface area contributed by atoms with E-state index in [9.17, 15) is 18.0 Å². The van der Waals surface area contributed by atoms with Crippen LogP contribution in [0.2, 0.25) is 0 Å². The molecule has 29 heavy (non-hydrogen) atoms. The van der Waals surface area contributed by atoms with Crippen LogP contribution in [-0.4, -0.2) is 55.4 Å². The number of rotatable bonds is 6. The Hall–Kier alpha value is -2.81. The summed E-state index contributed by atoms with van der Waals surface area (Å²) in [6.07, 6.45) is -2.93. The molecule has 1 aromatic heterocycles. The number of aromatic nitrogens is 1. The molecule has 1 fully saturated rings. The largest absolute Gasteiger partial charge is 0.573 e. The minimum absolute atomic E-state index is 0.0659. The minimum Gasteiger partial charge on any atom is -0.406 e. The number of hydrogen-bond acceptors (Lipinski definition) is 5. The zero-order chi connectivity index (χ0) is 20.9. The van der Waals surface area contributed by atoms with Gasteiger partial charge in [-0.05, 0) is 30.8 Å². The van der Waals surface area contributed by atoms with Crippen LogP contribution in [0.5, 0.6) is 5.75 Å². The number of hydrogen-bond donors (Lipinski definition) is 1. The van der Waals surface area contributed by atoms with Crippen molar-refractivity contribution in [3.63, 3.8) is 0 Å². The maximum Gasteiger partial charge on any atom is 0.573 e. The molecule has 1 aliphatic rings. The van der Waals surface area contributed by atoms with Crippen molar-refractivity contribution < 1.29 is 22.7 Å². The molecule has 2 heterocycles. The van der Waals surface area contributed by atoms with Crippen molar-refractivity contribution in [2.24, 2.45) is 0 Å². The fourth-order valence-electron chi connectivity index (χ4n) is 3.12. The first-order valence-electron chi connectivity index (χ1n) is 9.29. The highest BCUT2D eigenvalue weighted by Crippen LogP contribution is 2.23. The third-order valence-electron chi connectivity index (χ3n) is 4.67. The number of piperazine rings is 1. The van der Waals surface area contributed by atoms with E-state index in [-0.39, 0.29) is 18.1 Å². The number of ether oxygens (including phenoxy) is 1. The van der Waals surface area contributed by atoms with Gasteiger partial charge in [-0.2, -0.15) is 0 Å². The maximum atomic E-state index is 12.3. The smallest absolute Gasteiger partial charge is 0.406 e. The van der Waals surface area contributed by atoms with Crippen LogP contribution in [0.15, 0.2) is 42.6 Å². The van der Waals surface area contributed by atoms with E-state index in [0.29, 0.717) is 12.1 Å². The van der Waals surface area contributed by atoms with Crippen LogP contribution >= 0.6 is 0 Å². The molecule has 156 valence electrons. The second kappa shape index (κ2) is 9.13. The molecule has 2 aromatic rings. The molecule has 0 unspecified atom stereocenters. The molecular formula is C20H23F3N4O2. The van der Waals surface area contributed by atoms with Gasteiger partial charge in [0, 0.05) is 44.5 Å². The van der Waals surface area contributed by atoms with Crippen LogP contribution in [-0.2, 0) is 17.8 Å². The fourth-order valence-corrected chi connectivity index (χ4v) is 3.12. The SMILES string of the molecule is CN1CCN(c2ncccc2CNC(=O)Cc2ccc(OC(F)(F)F)cc2)CC1. The van der Waals surface area contributed by atoms with Gasteiger partial charge in [-0.1, -0.05) is 18.2 Å². The van der Waals surface area contributed by atoms with E-state index < -0.39 is 6.36 Å². The normalized spacial score (nSPS) is 15.2. The lowest BCUT2D eigenvalue weighted by Gasteiger charge is -2.34. The Morgan fingerprint density at radius 2 is 1.83 bits per heavy atom. The van der Waals surface area contributed by atoms with E-state index in [1.165, 1.54) is 24.3 Å². The predicted octanol–water partition coefficient (Wildman–Crippen LogP) is 2.59. The lowest BCUT2D eigenvalue weighted by Crippen LogP contribution is -2.45. The minimum atomic E-state index is -4.73. The predicted molar refractivity (Wildman–Crippen MR) is 103 cm³/mol. The topological polar surface area (TPSA) is 57.7 Å². The molecule has 1 saturated heterocycles. The summed E-state index contributed by atoms with van der Waals surface area (Å²) in [6.45, 7) is 4.00. The Bertz CT molecular complexity index is 819. The number of pyridine rings is 1. The monoisotopic (exact) mass is 408 g/mol. The van der Waals surface area contributed by atoms with E-state index in [1.807, 2.05) is 12.1 Å². The number of benzene rings is 1. The first-order valence-corrected chi connectivity index (χ1v) is 9.29. The van der Waals surface area contributed by atoms with Crippen molar-refractivity contribution in [1.29, 1.82) is 0 Å². The summed E-state index contributed by atoms with van der Waals surface area (Å²) < 4.78 is 40.4. The standard InChI is InChI=1S/C20H23F3N4O2/c1-26-9-11-27(12-10-26)19-16(3-2-8-24-19)14-25-18(28)13-15-4-6-17(7-5-15)29-20(21,22)23/h2-8H,9-14H2,1H3,(H,25,28). The molecule has 1 aromatic carbocycles. The third-order valence-corrected chi connectivity index (χ3v) is 4.67. The first kappa shape index (κ1) is 20.9. The van der Waals surface area contributed by atoms with Crippen molar-refractivity contribution in [3.05, 3.63) is 53.7 Å². The van der Waals surface area contributed by atoms with E-state index in [0.717, 1.165) is 37.6 Å². The molecule has 0 spiro atoms. The number of carbonyl (C=O) groups is 1. The van der Waals surface area contributed by atoms with Crippen molar-refractivity contribution in [2.75, 3.05) is 38.1 Å². The fraction of sp³-hybridized carbons (Fsp3) is 0.400. The second-order valence-corrected chi connectivity index (χ2v) is 6.92.